The van der Waals surface area contributed by atoms with E-state index >= 15 is 0 Å². The molecule has 20 heavy (non-hydrogen) atoms. The molecule has 0 bridgehead atoms. The van der Waals surface area contributed by atoms with E-state index in [1.807, 2.05) is 12.1 Å². The Bertz CT molecular complexity index is 775. The molecule has 0 saturated heterocycles. The first-order chi connectivity index (χ1) is 9.48. The predicted molar refractivity (Wildman–Crippen MR) is 81.3 cm³/mol. The third kappa shape index (κ3) is 2.20. The average molecular weight is 307 g/mol. The average Bonchev–Trinajstić information content (AvgIpc) is 2.82. The molecule has 1 atom stereocenters. The van der Waals surface area contributed by atoms with Gasteiger partial charge in [-0.2, -0.15) is 0 Å². The van der Waals surface area contributed by atoms with Crippen LogP contribution in [0, 0.1) is 0 Å². The molecule has 1 unspecified atom stereocenters. The lowest BCUT2D eigenvalue weighted by Gasteiger charge is -2.22. The van der Waals surface area contributed by atoms with E-state index in [-0.39, 0.29) is 0 Å². The molecule has 1 heterocycles. The maximum atomic E-state index is 10.8. The lowest BCUT2D eigenvalue weighted by Crippen LogP contribution is -2.22. The number of fused-ring (bicyclic) bond motifs is 1. The number of hydrogen-bond acceptors (Lipinski definition) is 2. The van der Waals surface area contributed by atoms with E-state index in [0.29, 0.717) is 27.0 Å². The zero-order valence-corrected chi connectivity index (χ0v) is 12.2. The molecule has 4 heteroatoms. The van der Waals surface area contributed by atoms with Gasteiger partial charge in [0.05, 0.1) is 0 Å². The Labute approximate surface area is 126 Å². The van der Waals surface area contributed by atoms with E-state index in [9.17, 15) is 5.11 Å². The fourth-order valence-corrected chi connectivity index (χ4v) is 2.74. The van der Waals surface area contributed by atoms with Crippen LogP contribution in [-0.2, 0) is 5.60 Å². The fourth-order valence-electron chi connectivity index (χ4n) is 2.24. The Morgan fingerprint density at radius 2 is 1.80 bits per heavy atom. The van der Waals surface area contributed by atoms with Crippen LogP contribution in [0.15, 0.2) is 52.9 Å². The van der Waals surface area contributed by atoms with Crippen molar-refractivity contribution in [1.82, 2.24) is 0 Å². The van der Waals surface area contributed by atoms with Gasteiger partial charge < -0.3 is 9.52 Å². The molecule has 0 spiro atoms. The minimum atomic E-state index is -1.30. The minimum absolute atomic E-state index is 0.433. The molecule has 0 aliphatic heterocycles. The Morgan fingerprint density at radius 1 is 1.05 bits per heavy atom. The third-order valence-corrected chi connectivity index (χ3v) is 3.92. The number of hydrogen-bond donors (Lipinski definition) is 1. The second kappa shape index (κ2) is 4.81. The van der Waals surface area contributed by atoms with E-state index in [2.05, 4.69) is 0 Å². The first-order valence-electron chi connectivity index (χ1n) is 6.15. The molecule has 0 fully saturated rings. The zero-order valence-electron chi connectivity index (χ0n) is 10.7. The van der Waals surface area contributed by atoms with Gasteiger partial charge in [-0.1, -0.05) is 41.4 Å². The minimum Gasteiger partial charge on any atom is -0.458 e. The van der Waals surface area contributed by atoms with E-state index in [1.165, 1.54) is 0 Å². The van der Waals surface area contributed by atoms with Crippen molar-refractivity contribution in [2.45, 2.75) is 12.5 Å². The van der Waals surface area contributed by atoms with Crippen LogP contribution in [0.25, 0.3) is 11.0 Å². The second-order valence-corrected chi connectivity index (χ2v) is 5.69. The highest BCUT2D eigenvalue weighted by atomic mass is 35.5. The van der Waals surface area contributed by atoms with Gasteiger partial charge in [-0.25, -0.2) is 0 Å². The molecule has 2 nitrogen and oxygen atoms in total. The van der Waals surface area contributed by atoms with Crippen LogP contribution < -0.4 is 0 Å². The maximum absolute atomic E-state index is 10.8. The molecule has 0 amide bonds. The van der Waals surface area contributed by atoms with Crippen molar-refractivity contribution in [3.63, 3.8) is 0 Å². The topological polar surface area (TPSA) is 33.4 Å². The van der Waals surface area contributed by atoms with Crippen LogP contribution in [0.1, 0.15) is 18.2 Å². The van der Waals surface area contributed by atoms with Crippen molar-refractivity contribution < 1.29 is 9.52 Å². The SMILES string of the molecule is CC(O)(c1cc2cc(Cl)ccc2o1)c1ccccc1Cl. The van der Waals surface area contributed by atoms with Crippen LogP contribution in [-0.4, -0.2) is 5.11 Å². The highest BCUT2D eigenvalue weighted by Gasteiger charge is 2.31. The Hall–Kier alpha value is -1.48. The lowest BCUT2D eigenvalue weighted by atomic mass is 9.93. The maximum Gasteiger partial charge on any atom is 0.146 e. The van der Waals surface area contributed by atoms with E-state index in [1.54, 1.807) is 43.3 Å². The molecule has 0 saturated carbocycles. The summed E-state index contributed by atoms with van der Waals surface area (Å²) in [5.41, 5.74) is -0.0207. The quantitative estimate of drug-likeness (QED) is 0.723. The van der Waals surface area contributed by atoms with Gasteiger partial charge in [-0.15, -0.1) is 0 Å². The Balaban J connectivity index is 2.16. The van der Waals surface area contributed by atoms with Gasteiger partial charge in [0.2, 0.25) is 0 Å². The monoisotopic (exact) mass is 306 g/mol. The summed E-state index contributed by atoms with van der Waals surface area (Å²) in [6.45, 7) is 1.66. The molecule has 0 aliphatic rings. The van der Waals surface area contributed by atoms with Gasteiger partial charge in [0.25, 0.3) is 0 Å². The third-order valence-electron chi connectivity index (χ3n) is 3.36. The summed E-state index contributed by atoms with van der Waals surface area (Å²) < 4.78 is 5.73. The van der Waals surface area contributed by atoms with Crippen molar-refractivity contribution in [3.8, 4) is 0 Å². The van der Waals surface area contributed by atoms with Crippen LogP contribution in [0.4, 0.5) is 0 Å². The molecule has 1 N–H and O–H groups in total. The Kier molecular flexibility index (Phi) is 3.25. The Morgan fingerprint density at radius 3 is 2.55 bits per heavy atom. The molecule has 1 aromatic heterocycles. The zero-order chi connectivity index (χ0) is 14.3. The second-order valence-electron chi connectivity index (χ2n) is 4.84. The van der Waals surface area contributed by atoms with Crippen molar-refractivity contribution in [1.29, 1.82) is 0 Å². The van der Waals surface area contributed by atoms with Crippen molar-refractivity contribution in [2.75, 3.05) is 0 Å². The first kappa shape index (κ1) is 13.5. The number of rotatable bonds is 2. The largest absolute Gasteiger partial charge is 0.458 e. The van der Waals surface area contributed by atoms with Crippen molar-refractivity contribution in [3.05, 3.63) is 69.9 Å². The van der Waals surface area contributed by atoms with Gasteiger partial charge in [0.15, 0.2) is 0 Å². The molecule has 3 rings (SSSR count). The normalized spacial score (nSPS) is 14.4. The van der Waals surface area contributed by atoms with E-state index < -0.39 is 5.60 Å². The summed E-state index contributed by atoms with van der Waals surface area (Å²) in [5.74, 6) is 0.433. The van der Waals surface area contributed by atoms with E-state index in [0.717, 1.165) is 5.39 Å². The summed E-state index contributed by atoms with van der Waals surface area (Å²) >= 11 is 12.1. The molecule has 0 aliphatic carbocycles. The number of furan rings is 1. The number of benzene rings is 2. The van der Waals surface area contributed by atoms with Crippen molar-refractivity contribution >= 4 is 34.2 Å². The van der Waals surface area contributed by atoms with Gasteiger partial charge in [-0.05, 0) is 37.3 Å². The van der Waals surface area contributed by atoms with Crippen LogP contribution in [0.2, 0.25) is 10.0 Å². The summed E-state index contributed by atoms with van der Waals surface area (Å²) in [4.78, 5) is 0. The molecule has 3 aromatic rings. The van der Waals surface area contributed by atoms with Gasteiger partial charge in [0.1, 0.15) is 16.9 Å². The summed E-state index contributed by atoms with van der Waals surface area (Å²) in [7, 11) is 0. The van der Waals surface area contributed by atoms with Crippen molar-refractivity contribution in [2.24, 2.45) is 0 Å². The van der Waals surface area contributed by atoms with Crippen LogP contribution in [0.3, 0.4) is 0 Å². The lowest BCUT2D eigenvalue weighted by molar-refractivity contribution is 0.0787. The van der Waals surface area contributed by atoms with Crippen LogP contribution >= 0.6 is 23.2 Å². The molecule has 102 valence electrons. The fraction of sp³-hybridized carbons (Fsp3) is 0.125. The van der Waals surface area contributed by atoms with Crippen LogP contribution in [0.5, 0.6) is 0 Å². The smallest absolute Gasteiger partial charge is 0.146 e. The van der Waals surface area contributed by atoms with Gasteiger partial charge >= 0.3 is 0 Å². The molecule has 0 radical (unpaired) electrons. The summed E-state index contributed by atoms with van der Waals surface area (Å²) in [6, 6.07) is 14.3. The molecular formula is C16H12Cl2O2. The first-order valence-corrected chi connectivity index (χ1v) is 6.91. The summed E-state index contributed by atoms with van der Waals surface area (Å²) in [6.07, 6.45) is 0. The molecular weight excluding hydrogens is 295 g/mol. The number of halogens is 2. The van der Waals surface area contributed by atoms with Gasteiger partial charge in [0, 0.05) is 21.0 Å². The number of aliphatic hydroxyl groups is 1. The standard InChI is InChI=1S/C16H12Cl2O2/c1-16(19,12-4-2-3-5-13(12)18)15-9-10-8-11(17)6-7-14(10)20-15/h2-9,19H,1H3. The van der Waals surface area contributed by atoms with Gasteiger partial charge in [-0.3, -0.25) is 0 Å². The predicted octanol–water partition coefficient (Wildman–Crippen LogP) is 5.00. The highest BCUT2D eigenvalue weighted by molar-refractivity contribution is 6.31. The highest BCUT2D eigenvalue weighted by Crippen LogP contribution is 2.37. The van der Waals surface area contributed by atoms with E-state index in [4.69, 9.17) is 27.6 Å². The summed E-state index contributed by atoms with van der Waals surface area (Å²) in [5, 5.41) is 12.8. The molecule has 2 aromatic carbocycles.